The quantitative estimate of drug-likeness (QED) is 0.225. The van der Waals surface area contributed by atoms with Crippen molar-refractivity contribution in [2.24, 2.45) is 9.98 Å². The number of aromatic hydroxyl groups is 2. The average molecular weight is 621 g/mol. The van der Waals surface area contributed by atoms with Crippen LogP contribution >= 0.6 is 69.6 Å². The van der Waals surface area contributed by atoms with Gasteiger partial charge in [-0.15, -0.1) is 0 Å². The molecule has 0 aliphatic heterocycles. The highest BCUT2D eigenvalue weighted by atomic mass is 35.6. The van der Waals surface area contributed by atoms with E-state index in [4.69, 9.17) is 69.6 Å². The lowest BCUT2D eigenvalue weighted by molar-refractivity contribution is 0.466. The number of para-hydroxylation sites is 2. The Bertz CT molecular complexity index is 1370. The fourth-order valence-corrected chi connectivity index (χ4v) is 4.35. The van der Waals surface area contributed by atoms with Crippen LogP contribution in [0.3, 0.4) is 0 Å². The SMILES string of the molecule is Cc1cc(C=Nc2ccccc2N=Cc2cc(C(C)(C)C)cc(C(Cl)(Cl)Cl)c2O)c(O)c(C(Cl)(Cl)Cl)c1. The number of phenolic OH excluding ortho intramolecular Hbond substituents is 2. The summed E-state index contributed by atoms with van der Waals surface area (Å²) in [5, 5.41) is 21.5. The number of phenols is 2. The molecule has 0 aromatic heterocycles. The molecule has 0 saturated heterocycles. The van der Waals surface area contributed by atoms with Gasteiger partial charge in [0.1, 0.15) is 11.5 Å². The maximum Gasteiger partial charge on any atom is 0.219 e. The van der Waals surface area contributed by atoms with Gasteiger partial charge in [-0.25, -0.2) is 0 Å². The van der Waals surface area contributed by atoms with Crippen molar-refractivity contribution in [3.05, 3.63) is 81.9 Å². The van der Waals surface area contributed by atoms with Crippen LogP contribution in [0.5, 0.6) is 11.5 Å². The number of benzene rings is 3. The van der Waals surface area contributed by atoms with Gasteiger partial charge in [0.15, 0.2) is 0 Å². The molecule has 0 atom stereocenters. The molecule has 0 spiro atoms. The molecule has 0 aliphatic carbocycles. The highest BCUT2D eigenvalue weighted by Crippen LogP contribution is 2.46. The summed E-state index contributed by atoms with van der Waals surface area (Å²) in [6.45, 7) is 7.86. The first-order valence-corrected chi connectivity index (χ1v) is 13.3. The van der Waals surface area contributed by atoms with Crippen LogP contribution in [0.1, 0.15) is 54.2 Å². The molecule has 0 unspecified atom stereocenters. The Morgan fingerprint density at radius 3 is 1.54 bits per heavy atom. The zero-order chi connectivity index (χ0) is 27.8. The summed E-state index contributed by atoms with van der Waals surface area (Å²) < 4.78 is -3.62. The average Bonchev–Trinajstić information content (AvgIpc) is 2.77. The van der Waals surface area contributed by atoms with E-state index in [0.29, 0.717) is 22.5 Å². The van der Waals surface area contributed by atoms with Crippen molar-refractivity contribution < 1.29 is 10.2 Å². The van der Waals surface area contributed by atoms with Crippen LogP contribution in [-0.2, 0) is 13.0 Å². The zero-order valence-electron chi connectivity index (χ0n) is 20.3. The second-order valence-corrected chi connectivity index (χ2v) is 14.0. The Kier molecular flexibility index (Phi) is 9.06. The normalized spacial score (nSPS) is 13.1. The second kappa shape index (κ2) is 11.2. The predicted molar refractivity (Wildman–Crippen MR) is 159 cm³/mol. The number of aryl methyl sites for hydroxylation is 1. The maximum absolute atomic E-state index is 10.8. The molecular weight excluding hydrogens is 597 g/mol. The Morgan fingerprint density at radius 1 is 0.676 bits per heavy atom. The Hall–Kier alpha value is -1.66. The van der Waals surface area contributed by atoms with E-state index in [1.54, 1.807) is 48.5 Å². The van der Waals surface area contributed by atoms with E-state index < -0.39 is 7.59 Å². The van der Waals surface area contributed by atoms with Gasteiger partial charge in [0.2, 0.25) is 7.59 Å². The lowest BCUT2D eigenvalue weighted by Crippen LogP contribution is -2.14. The summed E-state index contributed by atoms with van der Waals surface area (Å²) in [6, 6.07) is 13.9. The number of alkyl halides is 6. The van der Waals surface area contributed by atoms with Crippen LogP contribution in [0.4, 0.5) is 11.4 Å². The minimum Gasteiger partial charge on any atom is -0.507 e. The van der Waals surface area contributed by atoms with Gasteiger partial charge in [-0.3, -0.25) is 9.98 Å². The largest absolute Gasteiger partial charge is 0.507 e. The Labute approximate surface area is 246 Å². The van der Waals surface area contributed by atoms with Crippen molar-refractivity contribution in [3.8, 4) is 11.5 Å². The molecule has 0 heterocycles. The summed E-state index contributed by atoms with van der Waals surface area (Å²) in [6.07, 6.45) is 2.96. The maximum atomic E-state index is 10.8. The minimum absolute atomic E-state index is 0.157. The molecule has 0 aliphatic rings. The summed E-state index contributed by atoms with van der Waals surface area (Å²) >= 11 is 36.4. The van der Waals surface area contributed by atoms with E-state index in [9.17, 15) is 10.2 Å². The zero-order valence-corrected chi connectivity index (χ0v) is 24.9. The molecule has 2 N–H and O–H groups in total. The fourth-order valence-electron chi connectivity index (χ4n) is 3.49. The van der Waals surface area contributed by atoms with Gasteiger partial charge in [0.25, 0.3) is 0 Å². The van der Waals surface area contributed by atoms with Crippen LogP contribution in [-0.4, -0.2) is 22.6 Å². The third-order valence-electron chi connectivity index (χ3n) is 5.47. The van der Waals surface area contributed by atoms with Crippen molar-refractivity contribution in [2.45, 2.75) is 40.7 Å². The van der Waals surface area contributed by atoms with Crippen LogP contribution in [0, 0.1) is 6.92 Å². The number of hydrogen-bond donors (Lipinski definition) is 2. The van der Waals surface area contributed by atoms with E-state index in [0.717, 1.165) is 11.1 Å². The van der Waals surface area contributed by atoms with Gasteiger partial charge in [0.05, 0.1) is 11.4 Å². The van der Waals surface area contributed by atoms with Crippen molar-refractivity contribution in [3.63, 3.8) is 0 Å². The molecule has 3 aromatic rings. The highest BCUT2D eigenvalue weighted by Gasteiger charge is 2.30. The molecule has 0 bridgehead atoms. The summed E-state index contributed by atoms with van der Waals surface area (Å²) in [5.41, 5.74) is 3.46. The van der Waals surface area contributed by atoms with Crippen LogP contribution in [0.25, 0.3) is 0 Å². The number of rotatable bonds is 4. The van der Waals surface area contributed by atoms with Gasteiger partial charge >= 0.3 is 0 Å². The van der Waals surface area contributed by atoms with Gasteiger partial charge in [-0.05, 0) is 59.9 Å². The van der Waals surface area contributed by atoms with Crippen LogP contribution < -0.4 is 0 Å². The summed E-state index contributed by atoms with van der Waals surface area (Å²) in [7, 11) is 0. The van der Waals surface area contributed by atoms with Crippen molar-refractivity contribution >= 4 is 93.4 Å². The standard InChI is InChI=1S/C27H24Cl6N2O2/c1-15-9-16(23(36)19(10-15)26(28,29)30)13-34-21-7-5-6-8-22(21)35-14-17-11-18(25(2,3)4)12-20(24(17)37)27(31,32)33/h5-14,36-37H,1-4H3. The predicted octanol–water partition coefficient (Wildman–Crippen LogP) is 9.86. The van der Waals surface area contributed by atoms with E-state index in [2.05, 4.69) is 9.98 Å². The number of halogens is 6. The van der Waals surface area contributed by atoms with E-state index in [1.807, 2.05) is 27.7 Å². The topological polar surface area (TPSA) is 65.2 Å². The van der Waals surface area contributed by atoms with Gasteiger partial charge < -0.3 is 10.2 Å². The molecule has 10 heteroatoms. The van der Waals surface area contributed by atoms with Crippen molar-refractivity contribution in [1.29, 1.82) is 0 Å². The number of aliphatic imine (C=N–C) groups is 2. The van der Waals surface area contributed by atoms with E-state index in [1.165, 1.54) is 12.4 Å². The first-order chi connectivity index (χ1) is 17.0. The van der Waals surface area contributed by atoms with Crippen molar-refractivity contribution in [1.82, 2.24) is 0 Å². The molecule has 3 rings (SSSR count). The molecule has 196 valence electrons. The van der Waals surface area contributed by atoms with Gasteiger partial charge in [0, 0.05) is 34.7 Å². The highest BCUT2D eigenvalue weighted by molar-refractivity contribution is 6.67. The lowest BCUT2D eigenvalue weighted by Gasteiger charge is -2.23. The molecule has 3 aromatic carbocycles. The Balaban J connectivity index is 2.05. The fraction of sp³-hybridized carbons (Fsp3) is 0.259. The number of hydrogen-bond acceptors (Lipinski definition) is 4. The first-order valence-electron chi connectivity index (χ1n) is 11.0. The summed E-state index contributed by atoms with van der Waals surface area (Å²) in [5.74, 6) is -0.361. The number of nitrogens with zero attached hydrogens (tertiary/aromatic N) is 2. The van der Waals surface area contributed by atoms with Gasteiger partial charge in [-0.2, -0.15) is 0 Å². The van der Waals surface area contributed by atoms with Crippen LogP contribution in [0.15, 0.2) is 58.5 Å². The smallest absolute Gasteiger partial charge is 0.219 e. The van der Waals surface area contributed by atoms with Crippen LogP contribution in [0.2, 0.25) is 0 Å². The lowest BCUT2D eigenvalue weighted by atomic mass is 9.85. The molecule has 37 heavy (non-hydrogen) atoms. The van der Waals surface area contributed by atoms with E-state index in [-0.39, 0.29) is 28.0 Å². The molecule has 0 amide bonds. The molecule has 0 fully saturated rings. The third-order valence-corrected chi connectivity index (χ3v) is 6.69. The van der Waals surface area contributed by atoms with Gasteiger partial charge in [-0.1, -0.05) is 103 Å². The minimum atomic E-state index is -1.82. The molecular formula is C27H24Cl6N2O2. The third kappa shape index (κ3) is 7.47. The first kappa shape index (κ1) is 29.9. The van der Waals surface area contributed by atoms with E-state index >= 15 is 0 Å². The monoisotopic (exact) mass is 618 g/mol. The van der Waals surface area contributed by atoms with Crippen molar-refractivity contribution in [2.75, 3.05) is 0 Å². The second-order valence-electron chi connectivity index (χ2n) is 9.46. The molecule has 4 nitrogen and oxygen atoms in total. The molecule has 0 saturated carbocycles. The summed E-state index contributed by atoms with van der Waals surface area (Å²) in [4.78, 5) is 9.03. The molecule has 0 radical (unpaired) electrons. The Morgan fingerprint density at radius 2 is 1.11 bits per heavy atom.